The highest BCUT2D eigenvalue weighted by molar-refractivity contribution is 5.71. The molecule has 1 aromatic rings. The van der Waals surface area contributed by atoms with Crippen LogP contribution >= 0.6 is 0 Å². The summed E-state index contributed by atoms with van der Waals surface area (Å²) < 4.78 is 25.0. The number of methoxy groups -OCH3 is 1. The third-order valence-corrected chi connectivity index (χ3v) is 5.07. The van der Waals surface area contributed by atoms with Crippen molar-refractivity contribution in [2.75, 3.05) is 19.0 Å². The molecule has 150 valence electrons. The van der Waals surface area contributed by atoms with E-state index < -0.39 is 22.6 Å². The van der Waals surface area contributed by atoms with Gasteiger partial charge >= 0.3 is 5.97 Å². The van der Waals surface area contributed by atoms with Crippen LogP contribution in [0, 0.1) is 15.9 Å². The molecular formula is C19H27FN2O5. The topological polar surface area (TPSA) is 90.7 Å². The lowest BCUT2D eigenvalue weighted by Crippen LogP contribution is -2.33. The predicted molar refractivity (Wildman–Crippen MR) is 99.4 cm³/mol. The lowest BCUT2D eigenvalue weighted by Gasteiger charge is -2.30. The summed E-state index contributed by atoms with van der Waals surface area (Å²) in [5, 5.41) is 14.7. The molecule has 27 heavy (non-hydrogen) atoms. The zero-order chi connectivity index (χ0) is 20.0. The third kappa shape index (κ3) is 5.38. The smallest absolute Gasteiger partial charge is 0.306 e. The van der Waals surface area contributed by atoms with Crippen molar-refractivity contribution in [3.63, 3.8) is 0 Å². The second-order valence-electron chi connectivity index (χ2n) is 6.80. The van der Waals surface area contributed by atoms with E-state index in [9.17, 15) is 19.3 Å². The number of anilines is 1. The summed E-state index contributed by atoms with van der Waals surface area (Å²) in [6.45, 7) is 4.40. The fraction of sp³-hybridized carbons (Fsp3) is 0.632. The monoisotopic (exact) mass is 382 g/mol. The maximum atomic E-state index is 14.7. The molecule has 1 aliphatic rings. The highest BCUT2D eigenvalue weighted by Gasteiger charge is 2.27. The number of esters is 1. The van der Waals surface area contributed by atoms with E-state index in [0.29, 0.717) is 19.4 Å². The summed E-state index contributed by atoms with van der Waals surface area (Å²) in [5.41, 5.74) is 0.142. The van der Waals surface area contributed by atoms with E-state index in [1.165, 1.54) is 19.2 Å². The van der Waals surface area contributed by atoms with E-state index in [0.717, 1.165) is 12.8 Å². The van der Waals surface area contributed by atoms with Crippen LogP contribution in [0.25, 0.3) is 0 Å². The molecule has 0 radical (unpaired) electrons. The standard InChI is InChI=1S/C19H27FN2O5/c1-4-12(8-19(23)26-3)15-10-18(22(24)25)17(11-16(15)20)21-13-6-7-27-14(5-2)9-13/h10-14,21H,4-9H2,1-3H3. The van der Waals surface area contributed by atoms with E-state index in [-0.39, 0.29) is 35.5 Å². The Bertz CT molecular complexity index is 682. The number of rotatable bonds is 8. The Hall–Kier alpha value is -2.22. The summed E-state index contributed by atoms with van der Waals surface area (Å²) >= 11 is 0. The van der Waals surface area contributed by atoms with Crippen LogP contribution in [0.15, 0.2) is 12.1 Å². The Morgan fingerprint density at radius 2 is 2.22 bits per heavy atom. The number of hydrogen-bond acceptors (Lipinski definition) is 6. The SMILES string of the molecule is CCC1CC(Nc2cc(F)c(C(CC)CC(=O)OC)cc2[N+](=O)[O-])CCO1. The largest absolute Gasteiger partial charge is 0.469 e. The summed E-state index contributed by atoms with van der Waals surface area (Å²) in [4.78, 5) is 22.6. The maximum Gasteiger partial charge on any atom is 0.306 e. The van der Waals surface area contributed by atoms with Gasteiger partial charge in [0.2, 0.25) is 0 Å². The lowest BCUT2D eigenvalue weighted by molar-refractivity contribution is -0.384. The van der Waals surface area contributed by atoms with E-state index >= 15 is 0 Å². The second-order valence-corrected chi connectivity index (χ2v) is 6.80. The molecule has 1 fully saturated rings. The second kappa shape index (κ2) is 9.64. The fourth-order valence-electron chi connectivity index (χ4n) is 3.43. The summed E-state index contributed by atoms with van der Waals surface area (Å²) in [6.07, 6.45) is 2.83. The van der Waals surface area contributed by atoms with Gasteiger partial charge in [-0.3, -0.25) is 14.9 Å². The van der Waals surface area contributed by atoms with Gasteiger partial charge in [0.15, 0.2) is 0 Å². The Kier molecular flexibility index (Phi) is 7.53. The van der Waals surface area contributed by atoms with Crippen molar-refractivity contribution < 1.29 is 23.6 Å². The van der Waals surface area contributed by atoms with Gasteiger partial charge < -0.3 is 14.8 Å². The molecule has 0 saturated carbocycles. The van der Waals surface area contributed by atoms with E-state index in [4.69, 9.17) is 4.74 Å². The van der Waals surface area contributed by atoms with Crippen molar-refractivity contribution in [3.05, 3.63) is 33.6 Å². The minimum atomic E-state index is -0.557. The summed E-state index contributed by atoms with van der Waals surface area (Å²) in [6, 6.07) is 2.40. The minimum absolute atomic E-state index is 0.00955. The molecule has 2 rings (SSSR count). The zero-order valence-corrected chi connectivity index (χ0v) is 16.0. The highest BCUT2D eigenvalue weighted by atomic mass is 19.1. The molecule has 0 aliphatic carbocycles. The Labute approximate surface area is 158 Å². The maximum absolute atomic E-state index is 14.7. The van der Waals surface area contributed by atoms with Crippen LogP contribution < -0.4 is 5.32 Å². The number of nitro benzene ring substituents is 1. The van der Waals surface area contributed by atoms with E-state index in [1.807, 2.05) is 6.92 Å². The summed E-state index contributed by atoms with van der Waals surface area (Å²) in [7, 11) is 1.26. The third-order valence-electron chi connectivity index (χ3n) is 5.07. The number of carbonyl (C=O) groups excluding carboxylic acids is 1. The molecule has 0 bridgehead atoms. The average molecular weight is 382 g/mol. The number of nitro groups is 1. The lowest BCUT2D eigenvalue weighted by atomic mass is 9.91. The van der Waals surface area contributed by atoms with Crippen LogP contribution in [0.5, 0.6) is 0 Å². The molecule has 0 amide bonds. The molecule has 0 aromatic heterocycles. The number of benzene rings is 1. The Balaban J connectivity index is 2.29. The van der Waals surface area contributed by atoms with Crippen molar-refractivity contribution in [1.82, 2.24) is 0 Å². The zero-order valence-electron chi connectivity index (χ0n) is 16.0. The van der Waals surface area contributed by atoms with Crippen molar-refractivity contribution in [2.24, 2.45) is 0 Å². The number of carbonyl (C=O) groups is 1. The molecular weight excluding hydrogens is 355 g/mol. The molecule has 1 N–H and O–H groups in total. The first-order valence-corrected chi connectivity index (χ1v) is 9.32. The van der Waals surface area contributed by atoms with Crippen molar-refractivity contribution in [1.29, 1.82) is 0 Å². The number of nitrogens with zero attached hydrogens (tertiary/aromatic N) is 1. The predicted octanol–water partition coefficient (Wildman–Crippen LogP) is 4.16. The molecule has 1 aromatic carbocycles. The minimum Gasteiger partial charge on any atom is -0.469 e. The van der Waals surface area contributed by atoms with Gasteiger partial charge in [-0.1, -0.05) is 13.8 Å². The van der Waals surface area contributed by atoms with Crippen molar-refractivity contribution >= 4 is 17.3 Å². The summed E-state index contributed by atoms with van der Waals surface area (Å²) in [5.74, 6) is -1.50. The molecule has 1 aliphatic heterocycles. The Morgan fingerprint density at radius 3 is 2.81 bits per heavy atom. The molecule has 8 heteroatoms. The molecule has 3 atom stereocenters. The van der Waals surface area contributed by atoms with E-state index in [2.05, 4.69) is 10.1 Å². The number of halogens is 1. The number of nitrogens with one attached hydrogen (secondary N) is 1. The highest BCUT2D eigenvalue weighted by Crippen LogP contribution is 2.35. The molecule has 7 nitrogen and oxygen atoms in total. The molecule has 0 spiro atoms. The first-order valence-electron chi connectivity index (χ1n) is 9.32. The van der Waals surface area contributed by atoms with Gasteiger partial charge in [0, 0.05) is 24.8 Å². The molecule has 1 saturated heterocycles. The van der Waals surface area contributed by atoms with Crippen LogP contribution in [0.2, 0.25) is 0 Å². The molecule has 3 unspecified atom stereocenters. The van der Waals surface area contributed by atoms with E-state index in [1.54, 1.807) is 6.92 Å². The van der Waals surface area contributed by atoms with Gasteiger partial charge in [0.25, 0.3) is 5.69 Å². The first kappa shape index (κ1) is 21.1. The van der Waals surface area contributed by atoms with Crippen molar-refractivity contribution in [3.8, 4) is 0 Å². The Morgan fingerprint density at radius 1 is 1.48 bits per heavy atom. The van der Waals surface area contributed by atoms with Gasteiger partial charge in [0.05, 0.1) is 24.6 Å². The van der Waals surface area contributed by atoms with Gasteiger partial charge in [-0.15, -0.1) is 0 Å². The molecule has 1 heterocycles. The number of ether oxygens (including phenoxy) is 2. The van der Waals surface area contributed by atoms with Crippen LogP contribution in [0.3, 0.4) is 0 Å². The first-order chi connectivity index (χ1) is 12.9. The van der Waals surface area contributed by atoms with Gasteiger partial charge in [-0.05, 0) is 37.2 Å². The normalized spacial score (nSPS) is 20.7. The van der Waals surface area contributed by atoms with Gasteiger partial charge in [-0.2, -0.15) is 0 Å². The van der Waals surface area contributed by atoms with Crippen LogP contribution in [0.1, 0.15) is 57.4 Å². The van der Waals surface area contributed by atoms with Crippen molar-refractivity contribution in [2.45, 2.75) is 64.0 Å². The van der Waals surface area contributed by atoms with Crippen LogP contribution in [-0.2, 0) is 14.3 Å². The van der Waals surface area contributed by atoms with Crippen LogP contribution in [0.4, 0.5) is 15.8 Å². The van der Waals surface area contributed by atoms with Gasteiger partial charge in [0.1, 0.15) is 11.5 Å². The average Bonchev–Trinajstić information content (AvgIpc) is 2.66. The number of hydrogen-bond donors (Lipinski definition) is 1. The van der Waals surface area contributed by atoms with Crippen LogP contribution in [-0.4, -0.2) is 36.8 Å². The quantitative estimate of drug-likeness (QED) is 0.412. The fourth-order valence-corrected chi connectivity index (χ4v) is 3.43. The van der Waals surface area contributed by atoms with Gasteiger partial charge in [-0.25, -0.2) is 4.39 Å².